The van der Waals surface area contributed by atoms with Crippen molar-refractivity contribution in [1.29, 1.82) is 0 Å². The molecule has 0 saturated heterocycles. The van der Waals surface area contributed by atoms with E-state index in [2.05, 4.69) is 41.6 Å². The first-order chi connectivity index (χ1) is 10.0. The van der Waals surface area contributed by atoms with E-state index in [-0.39, 0.29) is 30.1 Å². The minimum atomic E-state index is 0. The molecule has 0 atom stereocenters. The van der Waals surface area contributed by atoms with Crippen molar-refractivity contribution in [2.75, 3.05) is 20.1 Å². The molecule has 126 valence electrons. The number of rotatable bonds is 7. The molecule has 0 radical (unpaired) electrons. The van der Waals surface area contributed by atoms with Gasteiger partial charge in [-0.1, -0.05) is 26.0 Å². The third-order valence-corrected chi connectivity index (χ3v) is 2.90. The van der Waals surface area contributed by atoms with Crippen LogP contribution in [0.15, 0.2) is 29.3 Å². The van der Waals surface area contributed by atoms with Gasteiger partial charge in [0.2, 0.25) is 0 Å². The van der Waals surface area contributed by atoms with E-state index in [0.717, 1.165) is 31.2 Å². The summed E-state index contributed by atoms with van der Waals surface area (Å²) >= 11 is 0. The number of aliphatic imine (C=N–C) groups is 1. The van der Waals surface area contributed by atoms with E-state index in [1.54, 1.807) is 7.05 Å². The Labute approximate surface area is 152 Å². The highest BCUT2D eigenvalue weighted by molar-refractivity contribution is 14.0. The molecule has 0 aromatic heterocycles. The van der Waals surface area contributed by atoms with Gasteiger partial charge in [0.1, 0.15) is 5.75 Å². The number of nitrogens with one attached hydrogen (secondary N) is 2. The molecule has 1 aromatic rings. The minimum absolute atomic E-state index is 0. The van der Waals surface area contributed by atoms with E-state index in [4.69, 9.17) is 4.74 Å². The van der Waals surface area contributed by atoms with E-state index >= 15 is 0 Å². The second-order valence-electron chi connectivity index (χ2n) is 5.83. The molecule has 0 fully saturated rings. The van der Waals surface area contributed by atoms with Gasteiger partial charge in [-0.2, -0.15) is 0 Å². The fourth-order valence-electron chi connectivity index (χ4n) is 1.85. The van der Waals surface area contributed by atoms with Crippen molar-refractivity contribution in [2.24, 2.45) is 10.9 Å². The van der Waals surface area contributed by atoms with Gasteiger partial charge in [0.05, 0.1) is 6.10 Å². The minimum Gasteiger partial charge on any atom is -0.491 e. The summed E-state index contributed by atoms with van der Waals surface area (Å²) < 4.78 is 5.64. The van der Waals surface area contributed by atoms with Crippen LogP contribution in [0, 0.1) is 5.92 Å². The topological polar surface area (TPSA) is 45.7 Å². The van der Waals surface area contributed by atoms with Crippen LogP contribution in [0.2, 0.25) is 0 Å². The van der Waals surface area contributed by atoms with E-state index < -0.39 is 0 Å². The predicted molar refractivity (Wildman–Crippen MR) is 106 cm³/mol. The van der Waals surface area contributed by atoms with Crippen LogP contribution in [-0.2, 0) is 6.42 Å². The molecule has 4 nitrogen and oxygen atoms in total. The highest BCUT2D eigenvalue weighted by Crippen LogP contribution is 2.13. The van der Waals surface area contributed by atoms with Crippen molar-refractivity contribution >= 4 is 29.9 Å². The summed E-state index contributed by atoms with van der Waals surface area (Å²) in [6, 6.07) is 8.29. The van der Waals surface area contributed by atoms with Crippen molar-refractivity contribution < 1.29 is 4.74 Å². The molecule has 0 unspecified atom stereocenters. The molecule has 0 heterocycles. The SMILES string of the molecule is CN=C(NCCc1ccc(OC(C)C)cc1)NCC(C)C.I. The van der Waals surface area contributed by atoms with Gasteiger partial charge in [0.15, 0.2) is 5.96 Å². The van der Waals surface area contributed by atoms with Gasteiger partial charge in [0.25, 0.3) is 0 Å². The third-order valence-electron chi connectivity index (χ3n) is 2.90. The maximum absolute atomic E-state index is 5.64. The molecule has 5 heteroatoms. The summed E-state index contributed by atoms with van der Waals surface area (Å²) in [7, 11) is 1.80. The molecule has 0 aliphatic rings. The Bertz CT molecular complexity index is 430. The summed E-state index contributed by atoms with van der Waals surface area (Å²) in [6.45, 7) is 10.2. The zero-order valence-electron chi connectivity index (χ0n) is 14.3. The van der Waals surface area contributed by atoms with Gasteiger partial charge in [0, 0.05) is 20.1 Å². The van der Waals surface area contributed by atoms with Crippen LogP contribution in [-0.4, -0.2) is 32.2 Å². The first-order valence-electron chi connectivity index (χ1n) is 7.71. The Morgan fingerprint density at radius 3 is 2.23 bits per heavy atom. The average Bonchev–Trinajstić information content (AvgIpc) is 2.43. The number of hydrogen-bond acceptors (Lipinski definition) is 2. The van der Waals surface area contributed by atoms with Crippen LogP contribution in [0.25, 0.3) is 0 Å². The summed E-state index contributed by atoms with van der Waals surface area (Å²) in [6.07, 6.45) is 1.18. The summed E-state index contributed by atoms with van der Waals surface area (Å²) in [5.41, 5.74) is 1.29. The standard InChI is InChI=1S/C17H29N3O.HI/c1-13(2)12-20-17(18-5)19-11-10-15-6-8-16(9-7-15)21-14(3)4;/h6-9,13-14H,10-12H2,1-5H3,(H2,18,19,20);1H. The molecule has 0 spiro atoms. The van der Waals surface area contributed by atoms with Crippen LogP contribution in [0.5, 0.6) is 5.75 Å². The zero-order chi connectivity index (χ0) is 15.7. The zero-order valence-corrected chi connectivity index (χ0v) is 16.7. The molecule has 22 heavy (non-hydrogen) atoms. The van der Waals surface area contributed by atoms with Gasteiger partial charge in [-0.05, 0) is 43.9 Å². The summed E-state index contributed by atoms with van der Waals surface area (Å²) in [5, 5.41) is 6.63. The van der Waals surface area contributed by atoms with Gasteiger partial charge in [-0.15, -0.1) is 24.0 Å². The number of hydrogen-bond donors (Lipinski definition) is 2. The van der Waals surface area contributed by atoms with Crippen molar-refractivity contribution in [1.82, 2.24) is 10.6 Å². The van der Waals surface area contributed by atoms with Crippen LogP contribution >= 0.6 is 24.0 Å². The average molecular weight is 419 g/mol. The van der Waals surface area contributed by atoms with Crippen LogP contribution in [0.3, 0.4) is 0 Å². The molecule has 0 amide bonds. The number of benzene rings is 1. The van der Waals surface area contributed by atoms with Crippen molar-refractivity contribution in [2.45, 2.75) is 40.2 Å². The Kier molecular flexibility index (Phi) is 11.1. The predicted octanol–water partition coefficient (Wildman–Crippen LogP) is 3.46. The summed E-state index contributed by atoms with van der Waals surface area (Å²) in [5.74, 6) is 2.40. The fourth-order valence-corrected chi connectivity index (χ4v) is 1.85. The monoisotopic (exact) mass is 419 g/mol. The number of ether oxygens (including phenoxy) is 1. The first kappa shape index (κ1) is 21.0. The third kappa shape index (κ3) is 9.12. The molecule has 0 aliphatic carbocycles. The number of halogens is 1. The van der Waals surface area contributed by atoms with Gasteiger partial charge in [-0.3, -0.25) is 4.99 Å². The lowest BCUT2D eigenvalue weighted by Crippen LogP contribution is -2.39. The summed E-state index contributed by atoms with van der Waals surface area (Å²) in [4.78, 5) is 4.21. The molecule has 0 bridgehead atoms. The highest BCUT2D eigenvalue weighted by Gasteiger charge is 2.01. The van der Waals surface area contributed by atoms with Crippen molar-refractivity contribution in [3.05, 3.63) is 29.8 Å². The number of nitrogens with zero attached hydrogens (tertiary/aromatic N) is 1. The molecule has 0 saturated carbocycles. The lowest BCUT2D eigenvalue weighted by atomic mass is 10.1. The highest BCUT2D eigenvalue weighted by atomic mass is 127. The number of guanidine groups is 1. The van der Waals surface area contributed by atoms with Crippen LogP contribution in [0.1, 0.15) is 33.3 Å². The van der Waals surface area contributed by atoms with E-state index in [0.29, 0.717) is 5.92 Å². The Morgan fingerprint density at radius 1 is 1.09 bits per heavy atom. The lowest BCUT2D eigenvalue weighted by molar-refractivity contribution is 0.242. The molecular weight excluding hydrogens is 389 g/mol. The maximum Gasteiger partial charge on any atom is 0.190 e. The fraction of sp³-hybridized carbons (Fsp3) is 0.588. The second kappa shape index (κ2) is 11.6. The molecule has 0 aliphatic heterocycles. The van der Waals surface area contributed by atoms with Gasteiger partial charge < -0.3 is 15.4 Å². The maximum atomic E-state index is 5.64. The lowest BCUT2D eigenvalue weighted by Gasteiger charge is -2.13. The normalized spacial score (nSPS) is 11.3. The van der Waals surface area contributed by atoms with Crippen LogP contribution in [0.4, 0.5) is 0 Å². The van der Waals surface area contributed by atoms with Gasteiger partial charge >= 0.3 is 0 Å². The first-order valence-corrected chi connectivity index (χ1v) is 7.71. The van der Waals surface area contributed by atoms with E-state index in [1.807, 2.05) is 26.0 Å². The van der Waals surface area contributed by atoms with E-state index in [9.17, 15) is 0 Å². The second-order valence-corrected chi connectivity index (χ2v) is 5.83. The molecule has 2 N–H and O–H groups in total. The Balaban J connectivity index is 0.00000441. The Hall–Kier alpha value is -0.980. The Morgan fingerprint density at radius 2 is 1.73 bits per heavy atom. The molecule has 1 aromatic carbocycles. The molecule has 1 rings (SSSR count). The molecular formula is C17H30IN3O. The van der Waals surface area contributed by atoms with Crippen LogP contribution < -0.4 is 15.4 Å². The van der Waals surface area contributed by atoms with E-state index in [1.165, 1.54) is 5.56 Å². The quantitative estimate of drug-likeness (QED) is 0.404. The van der Waals surface area contributed by atoms with Gasteiger partial charge in [-0.25, -0.2) is 0 Å². The largest absolute Gasteiger partial charge is 0.491 e. The smallest absolute Gasteiger partial charge is 0.190 e. The van der Waals surface area contributed by atoms with Crippen molar-refractivity contribution in [3.8, 4) is 5.75 Å². The van der Waals surface area contributed by atoms with Crippen molar-refractivity contribution in [3.63, 3.8) is 0 Å².